The second-order valence-corrected chi connectivity index (χ2v) is 9.12. The van der Waals surface area contributed by atoms with Crippen molar-refractivity contribution in [2.45, 2.75) is 24.7 Å². The van der Waals surface area contributed by atoms with Crippen LogP contribution in [-0.2, 0) is 23.0 Å². The van der Waals surface area contributed by atoms with Crippen molar-refractivity contribution in [2.75, 3.05) is 13.7 Å². The van der Waals surface area contributed by atoms with Crippen molar-refractivity contribution < 1.29 is 22.4 Å². The molecule has 3 rings (SSSR count). The van der Waals surface area contributed by atoms with Crippen LogP contribution in [0, 0.1) is 3.82 Å². The fraction of sp³-hybridized carbons (Fsp3) is 0.357. The van der Waals surface area contributed by atoms with Gasteiger partial charge in [-0.1, -0.05) is 32.9 Å². The van der Waals surface area contributed by atoms with Crippen molar-refractivity contribution in [1.29, 1.82) is 0 Å². The van der Waals surface area contributed by atoms with E-state index >= 15 is 0 Å². The second kappa shape index (κ2) is 6.14. The number of benzene rings is 1. The Morgan fingerprint density at radius 2 is 2.09 bits per heavy atom. The van der Waals surface area contributed by atoms with Crippen LogP contribution in [0.4, 0.5) is 0 Å². The minimum atomic E-state index is -4.50. The van der Waals surface area contributed by atoms with Gasteiger partial charge in [0.25, 0.3) is 0 Å². The molecule has 1 aliphatic carbocycles. The number of hydrogen-bond donors (Lipinski definition) is 1. The fourth-order valence-electron chi connectivity index (χ4n) is 2.76. The first-order valence-electron chi connectivity index (χ1n) is 6.85. The van der Waals surface area contributed by atoms with Gasteiger partial charge in [0.15, 0.2) is 10.6 Å². The average molecular weight is 391 g/mol. The van der Waals surface area contributed by atoms with Gasteiger partial charge in [-0.25, -0.2) is 0 Å². The third-order valence-electron chi connectivity index (χ3n) is 3.64. The van der Waals surface area contributed by atoms with Crippen molar-refractivity contribution in [1.82, 2.24) is 0 Å². The zero-order chi connectivity index (χ0) is 16.8. The van der Waals surface area contributed by atoms with Crippen molar-refractivity contribution >= 4 is 43.0 Å². The maximum absolute atomic E-state index is 11.9. The minimum absolute atomic E-state index is 0.118. The topological polar surface area (TPSA) is 72.8 Å². The summed E-state index contributed by atoms with van der Waals surface area (Å²) in [6.45, 7) is 2.04. The lowest BCUT2D eigenvalue weighted by Crippen LogP contribution is -2.11. The quantitative estimate of drug-likeness (QED) is 0.484. The zero-order valence-corrected chi connectivity index (χ0v) is 15.7. The van der Waals surface area contributed by atoms with Crippen LogP contribution in [0.15, 0.2) is 11.0 Å². The molecule has 124 valence electrons. The van der Waals surface area contributed by atoms with Gasteiger partial charge in [-0.2, -0.15) is 8.42 Å². The Morgan fingerprint density at radius 3 is 2.70 bits per heavy atom. The van der Waals surface area contributed by atoms with Gasteiger partial charge in [0.1, 0.15) is 9.57 Å². The van der Waals surface area contributed by atoms with Crippen LogP contribution in [0.1, 0.15) is 18.1 Å². The van der Waals surface area contributed by atoms with E-state index in [-0.39, 0.29) is 23.0 Å². The Bertz CT molecular complexity index is 923. The van der Waals surface area contributed by atoms with Crippen LogP contribution < -0.4 is 9.47 Å². The maximum Gasteiger partial charge on any atom is 0.301 e. The summed E-state index contributed by atoms with van der Waals surface area (Å²) >= 11 is 5.35. The smallest absolute Gasteiger partial charge is 0.301 e. The highest BCUT2D eigenvalue weighted by Crippen LogP contribution is 2.50. The van der Waals surface area contributed by atoms with E-state index in [1.165, 1.54) is 27.8 Å². The highest BCUT2D eigenvalue weighted by Gasteiger charge is 2.32. The summed E-state index contributed by atoms with van der Waals surface area (Å²) in [5.41, 5.74) is 2.68. The monoisotopic (exact) mass is 390 g/mol. The third-order valence-corrected chi connectivity index (χ3v) is 7.70. The molecule has 1 aromatic heterocycles. The van der Waals surface area contributed by atoms with E-state index in [1.807, 2.05) is 0 Å². The molecule has 2 aromatic rings. The summed E-state index contributed by atoms with van der Waals surface area (Å²) in [6, 6.07) is 1.68. The average Bonchev–Trinajstić information content (AvgIpc) is 2.86. The van der Waals surface area contributed by atoms with Gasteiger partial charge < -0.3 is 9.47 Å². The first-order valence-corrected chi connectivity index (χ1v) is 10.8. The van der Waals surface area contributed by atoms with Gasteiger partial charge in [-0.05, 0) is 31.4 Å². The van der Waals surface area contributed by atoms with Crippen LogP contribution in [0.2, 0.25) is 0 Å². The normalized spacial score (nSPS) is 13.3. The molecule has 0 fully saturated rings. The van der Waals surface area contributed by atoms with Gasteiger partial charge >= 0.3 is 10.1 Å². The predicted octanol–water partition coefficient (Wildman–Crippen LogP) is 3.96. The molecule has 0 atom stereocenters. The predicted molar refractivity (Wildman–Crippen MR) is 93.4 cm³/mol. The molecular weight excluding hydrogens is 376 g/mol. The molecule has 5 nitrogen and oxygen atoms in total. The van der Waals surface area contributed by atoms with Gasteiger partial charge in [0, 0.05) is 11.1 Å². The van der Waals surface area contributed by atoms with Crippen molar-refractivity contribution in [3.63, 3.8) is 0 Å². The summed E-state index contributed by atoms with van der Waals surface area (Å²) in [6.07, 6.45) is 1.53. The molecule has 0 saturated carbocycles. The highest BCUT2D eigenvalue weighted by atomic mass is 32.9. The Balaban J connectivity index is 2.41. The number of fused-ring (bicyclic) bond motifs is 3. The van der Waals surface area contributed by atoms with Gasteiger partial charge in [-0.15, -0.1) is 0 Å². The molecule has 0 saturated heterocycles. The van der Waals surface area contributed by atoms with Crippen LogP contribution in [-0.4, -0.2) is 26.7 Å². The Labute approximate surface area is 146 Å². The maximum atomic E-state index is 11.9. The molecule has 0 radical (unpaired) electrons. The first-order chi connectivity index (χ1) is 10.9. The lowest BCUT2D eigenvalue weighted by Gasteiger charge is -2.22. The number of ether oxygens (including phenoxy) is 2. The van der Waals surface area contributed by atoms with Gasteiger partial charge in [-0.3, -0.25) is 4.55 Å². The molecule has 9 heteroatoms. The Morgan fingerprint density at radius 1 is 1.35 bits per heavy atom. The molecule has 0 amide bonds. The summed E-state index contributed by atoms with van der Waals surface area (Å²) in [5.74, 6) is 0.242. The molecule has 23 heavy (non-hydrogen) atoms. The molecule has 1 aliphatic rings. The first kappa shape index (κ1) is 16.8. The van der Waals surface area contributed by atoms with Crippen LogP contribution >= 0.6 is 32.9 Å². The number of aryl methyl sites for hydroxylation is 1. The Kier molecular flexibility index (Phi) is 4.49. The summed E-state index contributed by atoms with van der Waals surface area (Å²) in [5, 5.41) is 0. The lowest BCUT2D eigenvalue weighted by molar-refractivity contribution is 0.320. The van der Waals surface area contributed by atoms with Crippen LogP contribution in [0.5, 0.6) is 11.5 Å². The summed E-state index contributed by atoms with van der Waals surface area (Å²) in [4.78, 5) is 0.601. The second-order valence-electron chi connectivity index (χ2n) is 4.94. The van der Waals surface area contributed by atoms with Crippen LogP contribution in [0.3, 0.4) is 0 Å². The summed E-state index contributed by atoms with van der Waals surface area (Å²) < 4.78 is 45.1. The largest absolute Gasteiger partial charge is 0.494 e. The molecule has 0 spiro atoms. The molecule has 0 bridgehead atoms. The Hall–Kier alpha value is -1.00. The molecular formula is C14H14O5S4. The van der Waals surface area contributed by atoms with Gasteiger partial charge in [0.2, 0.25) is 0 Å². The van der Waals surface area contributed by atoms with E-state index < -0.39 is 10.1 Å². The molecule has 0 aliphatic heterocycles. The SMILES string of the molecule is CCOc1cc2c(c(OC)c1S(=O)(=O)O)-c1ssc(=S)c1CC2. The number of hydrogen-bond acceptors (Lipinski definition) is 7. The molecule has 1 aromatic carbocycles. The van der Waals surface area contributed by atoms with E-state index in [1.54, 1.807) is 13.0 Å². The van der Waals surface area contributed by atoms with E-state index in [4.69, 9.17) is 21.7 Å². The van der Waals surface area contributed by atoms with E-state index in [9.17, 15) is 13.0 Å². The van der Waals surface area contributed by atoms with Crippen molar-refractivity contribution in [3.8, 4) is 21.9 Å². The zero-order valence-electron chi connectivity index (χ0n) is 12.4. The highest BCUT2D eigenvalue weighted by molar-refractivity contribution is 7.86. The summed E-state index contributed by atoms with van der Waals surface area (Å²) in [7, 11) is -0.115. The molecule has 1 heterocycles. The number of methoxy groups -OCH3 is 1. The molecule has 1 N–H and O–H groups in total. The van der Waals surface area contributed by atoms with E-state index in [2.05, 4.69) is 0 Å². The minimum Gasteiger partial charge on any atom is -0.494 e. The lowest BCUT2D eigenvalue weighted by atomic mass is 9.91. The van der Waals surface area contributed by atoms with E-state index in [0.717, 1.165) is 32.7 Å². The third kappa shape index (κ3) is 2.80. The van der Waals surface area contributed by atoms with Crippen molar-refractivity contribution in [3.05, 3.63) is 21.0 Å². The van der Waals surface area contributed by atoms with E-state index in [0.29, 0.717) is 5.56 Å². The van der Waals surface area contributed by atoms with Crippen molar-refractivity contribution in [2.24, 2.45) is 0 Å². The number of rotatable bonds is 4. The van der Waals surface area contributed by atoms with Crippen LogP contribution in [0.25, 0.3) is 10.4 Å². The standard InChI is InChI=1S/C14H14O5S4/c1-3-19-9-6-7-4-5-8-12(21-22-14(8)20)10(7)11(18-2)13(9)23(15,16)17/h6H,3-5H2,1-2H3,(H,15,16,17). The van der Waals surface area contributed by atoms with Gasteiger partial charge in [0.05, 0.1) is 18.6 Å². The molecule has 0 unspecified atom stereocenters. The fourth-order valence-corrected chi connectivity index (χ4v) is 6.59.